The van der Waals surface area contributed by atoms with Gasteiger partial charge < -0.3 is 0 Å². The molecule has 3 heterocycles. The van der Waals surface area contributed by atoms with E-state index in [9.17, 15) is 30.4 Å². The van der Waals surface area contributed by atoms with E-state index in [0.717, 1.165) is 28.8 Å². The number of pyridine rings is 1. The van der Waals surface area contributed by atoms with Crippen LogP contribution in [0, 0.1) is 6.92 Å². The van der Waals surface area contributed by atoms with E-state index in [2.05, 4.69) is 15.1 Å². The summed E-state index contributed by atoms with van der Waals surface area (Å²) in [6.07, 6.45) is -3.88. The first kappa shape index (κ1) is 24.0. The predicted octanol–water partition coefficient (Wildman–Crippen LogP) is 5.42. The first-order valence-corrected chi connectivity index (χ1v) is 12.3. The number of rotatable bonds is 5. The van der Waals surface area contributed by atoms with Crippen LogP contribution in [0.3, 0.4) is 0 Å². The fourth-order valence-electron chi connectivity index (χ4n) is 3.26. The molecule has 1 aromatic carbocycles. The van der Waals surface area contributed by atoms with Crippen molar-refractivity contribution in [1.29, 1.82) is 0 Å². The molecule has 0 saturated carbocycles. The zero-order valence-corrected chi connectivity index (χ0v) is 19.1. The normalized spacial score (nSPS) is 12.8. The van der Waals surface area contributed by atoms with Gasteiger partial charge in [0.05, 0.1) is 28.8 Å². The Morgan fingerprint density at radius 1 is 1.00 bits per heavy atom. The number of thiazole rings is 1. The maximum atomic E-state index is 14.1. The lowest BCUT2D eigenvalue weighted by atomic mass is 10.0. The first-order chi connectivity index (χ1) is 15.8. The number of sulfone groups is 1. The molecular formula is C21H15F5N4O2S2. The quantitative estimate of drug-likeness (QED) is 0.332. The monoisotopic (exact) mass is 514 g/mol. The van der Waals surface area contributed by atoms with Crippen LogP contribution in [0.1, 0.15) is 11.3 Å². The van der Waals surface area contributed by atoms with Crippen LogP contribution in [-0.4, -0.2) is 40.6 Å². The second-order valence-electron chi connectivity index (χ2n) is 7.43. The standard InChI is InChI=1S/C21H15F5N4O2S2/c1-12-7-13(3-5-15(12)16-10-33-11-28-16)17-8-18(20(22,23)21(24,25)26)29-30(17)14-4-6-19(27-9-14)34(2,31)32/h3-11H,1-2H3. The topological polar surface area (TPSA) is 77.7 Å². The Morgan fingerprint density at radius 3 is 2.26 bits per heavy atom. The van der Waals surface area contributed by atoms with E-state index in [0.29, 0.717) is 22.9 Å². The highest BCUT2D eigenvalue weighted by molar-refractivity contribution is 7.90. The third-order valence-electron chi connectivity index (χ3n) is 4.96. The van der Waals surface area contributed by atoms with Crippen LogP contribution in [0.15, 0.2) is 58.5 Å². The number of aromatic nitrogens is 4. The summed E-state index contributed by atoms with van der Waals surface area (Å²) in [4.78, 5) is 8.01. The van der Waals surface area contributed by atoms with Gasteiger partial charge in [-0.3, -0.25) is 0 Å². The van der Waals surface area contributed by atoms with E-state index in [1.807, 2.05) is 5.38 Å². The summed E-state index contributed by atoms with van der Waals surface area (Å²) in [7, 11) is -3.65. The number of aryl methyl sites for hydroxylation is 1. The van der Waals surface area contributed by atoms with Crippen molar-refractivity contribution in [3.8, 4) is 28.2 Å². The van der Waals surface area contributed by atoms with Crippen molar-refractivity contribution in [1.82, 2.24) is 19.7 Å². The van der Waals surface area contributed by atoms with Gasteiger partial charge in [-0.2, -0.15) is 27.1 Å². The summed E-state index contributed by atoms with van der Waals surface area (Å²) in [5, 5.41) is 5.07. The highest BCUT2D eigenvalue weighted by Crippen LogP contribution is 2.44. The van der Waals surface area contributed by atoms with E-state index in [4.69, 9.17) is 0 Å². The second-order valence-corrected chi connectivity index (χ2v) is 10.1. The zero-order valence-electron chi connectivity index (χ0n) is 17.5. The molecule has 0 saturated heterocycles. The van der Waals surface area contributed by atoms with Crippen LogP contribution in [-0.2, 0) is 15.8 Å². The van der Waals surface area contributed by atoms with E-state index in [-0.39, 0.29) is 16.4 Å². The van der Waals surface area contributed by atoms with Crippen molar-refractivity contribution in [2.24, 2.45) is 0 Å². The lowest BCUT2D eigenvalue weighted by Crippen LogP contribution is -2.34. The number of alkyl halides is 5. The van der Waals surface area contributed by atoms with Gasteiger partial charge in [0.25, 0.3) is 0 Å². The Balaban J connectivity index is 1.88. The van der Waals surface area contributed by atoms with Crippen molar-refractivity contribution in [3.05, 3.63) is 64.7 Å². The minimum atomic E-state index is -5.85. The molecule has 0 fully saturated rings. The lowest BCUT2D eigenvalue weighted by molar-refractivity contribution is -0.291. The maximum absolute atomic E-state index is 14.1. The predicted molar refractivity (Wildman–Crippen MR) is 116 cm³/mol. The number of benzene rings is 1. The largest absolute Gasteiger partial charge is 0.459 e. The van der Waals surface area contributed by atoms with Crippen molar-refractivity contribution in [2.75, 3.05) is 6.26 Å². The fourth-order valence-corrected chi connectivity index (χ4v) is 4.37. The lowest BCUT2D eigenvalue weighted by Gasteiger charge is -2.16. The number of nitrogens with zero attached hydrogens (tertiary/aromatic N) is 4. The molecule has 4 aromatic rings. The van der Waals surface area contributed by atoms with E-state index in [1.54, 1.807) is 30.6 Å². The minimum absolute atomic E-state index is 0.00727. The first-order valence-electron chi connectivity index (χ1n) is 9.50. The molecule has 0 aliphatic heterocycles. The molecule has 0 unspecified atom stereocenters. The van der Waals surface area contributed by atoms with E-state index >= 15 is 0 Å². The van der Waals surface area contributed by atoms with Crippen molar-refractivity contribution < 1.29 is 30.4 Å². The third-order valence-corrected chi connectivity index (χ3v) is 6.55. The highest BCUT2D eigenvalue weighted by Gasteiger charge is 2.60. The van der Waals surface area contributed by atoms with Gasteiger partial charge in [0.2, 0.25) is 0 Å². The molecule has 0 bridgehead atoms. The molecule has 178 valence electrons. The van der Waals surface area contributed by atoms with Gasteiger partial charge in [0.15, 0.2) is 14.9 Å². The number of hydrogen-bond acceptors (Lipinski definition) is 6. The van der Waals surface area contributed by atoms with Crippen LogP contribution in [0.4, 0.5) is 22.0 Å². The molecule has 0 spiro atoms. The molecule has 0 atom stereocenters. The number of hydrogen-bond donors (Lipinski definition) is 0. The Labute approximate surface area is 194 Å². The van der Waals surface area contributed by atoms with E-state index < -0.39 is 27.6 Å². The molecule has 0 aliphatic carbocycles. The van der Waals surface area contributed by atoms with Crippen molar-refractivity contribution in [2.45, 2.75) is 24.0 Å². The summed E-state index contributed by atoms with van der Waals surface area (Å²) in [5.41, 5.74) is 2.61. The third kappa shape index (κ3) is 4.32. The summed E-state index contributed by atoms with van der Waals surface area (Å²) in [6, 6.07) is 7.87. The van der Waals surface area contributed by atoms with Gasteiger partial charge in [-0.1, -0.05) is 12.1 Å². The van der Waals surface area contributed by atoms with Crippen molar-refractivity contribution in [3.63, 3.8) is 0 Å². The molecule has 4 rings (SSSR count). The average molecular weight is 515 g/mol. The second kappa shape index (κ2) is 8.24. The van der Waals surface area contributed by atoms with Crippen LogP contribution < -0.4 is 0 Å². The Kier molecular flexibility index (Phi) is 5.80. The SMILES string of the molecule is Cc1cc(-c2cc(C(F)(F)C(F)(F)F)nn2-c2ccc(S(C)(=O)=O)nc2)ccc1-c1cscn1. The van der Waals surface area contributed by atoms with Gasteiger partial charge in [-0.25, -0.2) is 23.1 Å². The Bertz CT molecular complexity index is 1450. The molecule has 3 aromatic heterocycles. The average Bonchev–Trinajstić information content (AvgIpc) is 3.43. The summed E-state index contributed by atoms with van der Waals surface area (Å²) in [6.45, 7) is 1.76. The highest BCUT2D eigenvalue weighted by atomic mass is 32.2. The molecular weight excluding hydrogens is 499 g/mol. The molecule has 0 amide bonds. The molecule has 0 N–H and O–H groups in total. The fraction of sp³-hybridized carbons (Fsp3) is 0.190. The van der Waals surface area contributed by atoms with Crippen LogP contribution in [0.5, 0.6) is 0 Å². The van der Waals surface area contributed by atoms with Crippen LogP contribution in [0.25, 0.3) is 28.2 Å². The molecule has 34 heavy (non-hydrogen) atoms. The molecule has 0 aliphatic rings. The van der Waals surface area contributed by atoms with Crippen LogP contribution in [0.2, 0.25) is 0 Å². The molecule has 0 radical (unpaired) electrons. The molecule has 13 heteroatoms. The van der Waals surface area contributed by atoms with Gasteiger partial charge in [0.1, 0.15) is 5.69 Å². The summed E-state index contributed by atoms with van der Waals surface area (Å²) >= 11 is 1.39. The number of halogens is 5. The zero-order chi connectivity index (χ0) is 24.9. The smallest absolute Gasteiger partial charge is 0.245 e. The van der Waals surface area contributed by atoms with Crippen molar-refractivity contribution >= 4 is 21.2 Å². The van der Waals surface area contributed by atoms with Gasteiger partial charge in [-0.15, -0.1) is 11.3 Å². The van der Waals surface area contributed by atoms with Gasteiger partial charge in [-0.05, 0) is 36.8 Å². The molecule has 6 nitrogen and oxygen atoms in total. The Hall–Kier alpha value is -3.19. The minimum Gasteiger partial charge on any atom is -0.245 e. The van der Waals surface area contributed by atoms with E-state index in [1.165, 1.54) is 17.4 Å². The van der Waals surface area contributed by atoms with Crippen LogP contribution >= 0.6 is 11.3 Å². The van der Waals surface area contributed by atoms with Gasteiger partial charge in [0, 0.05) is 22.8 Å². The van der Waals surface area contributed by atoms with Gasteiger partial charge >= 0.3 is 12.1 Å². The maximum Gasteiger partial charge on any atom is 0.459 e. The Morgan fingerprint density at radius 2 is 1.74 bits per heavy atom. The summed E-state index contributed by atoms with van der Waals surface area (Å²) < 4.78 is 91.6. The summed E-state index contributed by atoms with van der Waals surface area (Å²) in [5.74, 6) is -5.21.